The highest BCUT2D eigenvalue weighted by Gasteiger charge is 2.20. The molecule has 1 fully saturated rings. The van der Waals surface area contributed by atoms with Crippen molar-refractivity contribution in [3.8, 4) is 11.5 Å². The smallest absolute Gasteiger partial charge is 0.337 e. The average molecular weight is 394 g/mol. The zero-order chi connectivity index (χ0) is 20.2. The normalized spacial score (nSPS) is 15.9. The molecule has 1 atom stereocenters. The fourth-order valence-electron chi connectivity index (χ4n) is 2.89. The third-order valence-corrected chi connectivity index (χ3v) is 4.38. The molecule has 0 bridgehead atoms. The van der Waals surface area contributed by atoms with Gasteiger partial charge in [-0.15, -0.1) is 0 Å². The van der Waals surface area contributed by atoms with Gasteiger partial charge in [-0.25, -0.2) is 4.79 Å². The summed E-state index contributed by atoms with van der Waals surface area (Å²) in [5.41, 5.74) is 0.418. The number of methoxy groups -OCH3 is 1. The molecule has 0 aromatic heterocycles. The minimum absolute atomic E-state index is 0.00537. The molecule has 1 heterocycles. The van der Waals surface area contributed by atoms with Crippen LogP contribution in [0.5, 0.6) is 11.5 Å². The lowest BCUT2D eigenvalue weighted by atomic mass is 10.1. The van der Waals surface area contributed by atoms with Crippen molar-refractivity contribution in [3.05, 3.63) is 23.8 Å². The van der Waals surface area contributed by atoms with Crippen molar-refractivity contribution in [3.63, 3.8) is 0 Å². The minimum Gasteiger partial charge on any atom is -0.490 e. The predicted molar refractivity (Wildman–Crippen MR) is 103 cm³/mol. The molecule has 1 unspecified atom stereocenters. The zero-order valence-electron chi connectivity index (χ0n) is 16.7. The Morgan fingerprint density at radius 3 is 2.68 bits per heavy atom. The van der Waals surface area contributed by atoms with E-state index in [0.717, 1.165) is 32.1 Å². The highest BCUT2D eigenvalue weighted by molar-refractivity contribution is 5.90. The van der Waals surface area contributed by atoms with Crippen LogP contribution < -0.4 is 9.47 Å². The molecule has 0 amide bonds. The molecular formula is C21H30O7. The van der Waals surface area contributed by atoms with Crippen LogP contribution in [0.2, 0.25) is 0 Å². The lowest BCUT2D eigenvalue weighted by molar-refractivity contribution is -0.143. The lowest BCUT2D eigenvalue weighted by Crippen LogP contribution is -2.16. The van der Waals surface area contributed by atoms with E-state index in [2.05, 4.69) is 0 Å². The largest absolute Gasteiger partial charge is 0.490 e. The summed E-state index contributed by atoms with van der Waals surface area (Å²) in [4.78, 5) is 23.1. The van der Waals surface area contributed by atoms with Crippen LogP contribution in [0.1, 0.15) is 55.8 Å². The van der Waals surface area contributed by atoms with Gasteiger partial charge in [-0.05, 0) is 38.0 Å². The van der Waals surface area contributed by atoms with E-state index >= 15 is 0 Å². The van der Waals surface area contributed by atoms with E-state index in [1.807, 2.05) is 6.92 Å². The van der Waals surface area contributed by atoms with E-state index in [1.54, 1.807) is 18.2 Å². The van der Waals surface area contributed by atoms with Crippen LogP contribution in [-0.4, -0.2) is 51.6 Å². The van der Waals surface area contributed by atoms with E-state index in [0.29, 0.717) is 49.9 Å². The third-order valence-electron chi connectivity index (χ3n) is 4.38. The number of carbonyl (C=O) groups is 2. The maximum absolute atomic E-state index is 11.8. The molecule has 28 heavy (non-hydrogen) atoms. The quantitative estimate of drug-likeness (QED) is 0.396. The molecule has 0 N–H and O–H groups in total. The minimum atomic E-state index is -0.417. The Morgan fingerprint density at radius 2 is 1.96 bits per heavy atom. The Balaban J connectivity index is 1.81. The molecule has 156 valence electrons. The van der Waals surface area contributed by atoms with E-state index in [-0.39, 0.29) is 12.1 Å². The first-order chi connectivity index (χ1) is 13.6. The van der Waals surface area contributed by atoms with Crippen molar-refractivity contribution in [1.82, 2.24) is 0 Å². The Labute approximate surface area is 166 Å². The van der Waals surface area contributed by atoms with Crippen LogP contribution in [0.25, 0.3) is 0 Å². The number of esters is 2. The van der Waals surface area contributed by atoms with Crippen LogP contribution in [-0.2, 0) is 19.0 Å². The van der Waals surface area contributed by atoms with Crippen molar-refractivity contribution in [1.29, 1.82) is 0 Å². The number of carbonyl (C=O) groups excluding carboxylic acids is 2. The van der Waals surface area contributed by atoms with Crippen molar-refractivity contribution in [2.24, 2.45) is 0 Å². The molecule has 0 spiro atoms. The number of hydrogen-bond donors (Lipinski definition) is 0. The molecule has 1 aliphatic rings. The van der Waals surface area contributed by atoms with Gasteiger partial charge in [0.05, 0.1) is 39.1 Å². The summed E-state index contributed by atoms with van der Waals surface area (Å²) in [7, 11) is 1.35. The molecule has 7 nitrogen and oxygen atoms in total. The fourth-order valence-corrected chi connectivity index (χ4v) is 2.89. The Kier molecular flexibility index (Phi) is 9.62. The van der Waals surface area contributed by atoms with E-state index < -0.39 is 5.97 Å². The summed E-state index contributed by atoms with van der Waals surface area (Å²) >= 11 is 0. The van der Waals surface area contributed by atoms with Crippen molar-refractivity contribution in [2.75, 3.05) is 33.5 Å². The number of ether oxygens (including phenoxy) is 5. The number of benzene rings is 1. The van der Waals surface area contributed by atoms with Gasteiger partial charge in [0.15, 0.2) is 11.5 Å². The van der Waals surface area contributed by atoms with Crippen molar-refractivity contribution in [2.45, 2.75) is 51.6 Å². The van der Waals surface area contributed by atoms with Crippen LogP contribution >= 0.6 is 0 Å². The Hall–Kier alpha value is -2.28. The number of unbranched alkanes of at least 4 members (excludes halogenated alkanes) is 3. The van der Waals surface area contributed by atoms with Gasteiger partial charge in [0.2, 0.25) is 0 Å². The summed E-state index contributed by atoms with van der Waals surface area (Å²) in [5.74, 6) is 0.572. The third kappa shape index (κ3) is 7.38. The lowest BCUT2D eigenvalue weighted by Gasteiger charge is -2.17. The van der Waals surface area contributed by atoms with Crippen LogP contribution in [0.3, 0.4) is 0 Å². The van der Waals surface area contributed by atoms with Gasteiger partial charge in [0.25, 0.3) is 0 Å². The average Bonchev–Trinajstić information content (AvgIpc) is 3.21. The van der Waals surface area contributed by atoms with Crippen LogP contribution in [0.15, 0.2) is 18.2 Å². The maximum Gasteiger partial charge on any atom is 0.337 e. The molecule has 0 aliphatic carbocycles. The monoisotopic (exact) mass is 394 g/mol. The summed E-state index contributed by atoms with van der Waals surface area (Å²) in [6, 6.07) is 5.05. The van der Waals surface area contributed by atoms with E-state index in [4.69, 9.17) is 23.7 Å². The van der Waals surface area contributed by atoms with Gasteiger partial charge < -0.3 is 23.7 Å². The van der Waals surface area contributed by atoms with Gasteiger partial charge in [0.1, 0.15) is 6.10 Å². The SMILES string of the molecule is CCOC(=O)CCCCCCOc1cc(C(=O)OC)ccc1OC1CCOC1. The van der Waals surface area contributed by atoms with Crippen molar-refractivity contribution >= 4 is 11.9 Å². The first-order valence-corrected chi connectivity index (χ1v) is 9.89. The van der Waals surface area contributed by atoms with Gasteiger partial charge >= 0.3 is 11.9 Å². The van der Waals surface area contributed by atoms with Gasteiger partial charge in [0, 0.05) is 12.8 Å². The standard InChI is InChI=1S/C21H30O7/c1-3-26-20(22)8-6-4-5-7-12-27-19-14-16(21(23)24-2)9-10-18(19)28-17-11-13-25-15-17/h9-10,14,17H,3-8,11-13,15H2,1-2H3. The molecule has 1 saturated heterocycles. The second-order valence-corrected chi connectivity index (χ2v) is 6.57. The predicted octanol–water partition coefficient (Wildman–Crippen LogP) is 3.53. The summed E-state index contributed by atoms with van der Waals surface area (Å²) in [5, 5.41) is 0. The molecule has 0 saturated carbocycles. The van der Waals surface area contributed by atoms with Gasteiger partial charge in [-0.2, -0.15) is 0 Å². The first-order valence-electron chi connectivity index (χ1n) is 9.89. The number of hydrogen-bond acceptors (Lipinski definition) is 7. The van der Waals surface area contributed by atoms with Gasteiger partial charge in [-0.3, -0.25) is 4.79 Å². The first kappa shape index (κ1) is 22.0. The van der Waals surface area contributed by atoms with Gasteiger partial charge in [-0.1, -0.05) is 12.8 Å². The van der Waals surface area contributed by atoms with E-state index in [1.165, 1.54) is 7.11 Å². The molecule has 2 rings (SSSR count). The van der Waals surface area contributed by atoms with Crippen LogP contribution in [0.4, 0.5) is 0 Å². The number of rotatable bonds is 12. The summed E-state index contributed by atoms with van der Waals surface area (Å²) in [6.07, 6.45) is 4.82. The second-order valence-electron chi connectivity index (χ2n) is 6.57. The highest BCUT2D eigenvalue weighted by atomic mass is 16.6. The maximum atomic E-state index is 11.8. The Bertz CT molecular complexity index is 623. The fraction of sp³-hybridized carbons (Fsp3) is 0.619. The van der Waals surface area contributed by atoms with E-state index in [9.17, 15) is 9.59 Å². The molecular weight excluding hydrogens is 364 g/mol. The second kappa shape index (κ2) is 12.2. The molecule has 7 heteroatoms. The summed E-state index contributed by atoms with van der Waals surface area (Å²) in [6.45, 7) is 3.98. The molecule has 0 radical (unpaired) electrons. The van der Waals surface area contributed by atoms with Crippen LogP contribution in [0, 0.1) is 0 Å². The Morgan fingerprint density at radius 1 is 1.14 bits per heavy atom. The molecule has 1 aliphatic heterocycles. The van der Waals surface area contributed by atoms with Crippen molar-refractivity contribution < 1.29 is 33.3 Å². The summed E-state index contributed by atoms with van der Waals surface area (Å²) < 4.78 is 26.9. The molecule has 1 aromatic rings. The highest BCUT2D eigenvalue weighted by Crippen LogP contribution is 2.31. The topological polar surface area (TPSA) is 80.3 Å². The molecule has 1 aromatic carbocycles. The zero-order valence-corrected chi connectivity index (χ0v) is 16.7.